The Morgan fingerprint density at radius 3 is 3.00 bits per heavy atom. The van der Waals surface area contributed by atoms with E-state index in [1.165, 1.54) is 4.57 Å². The van der Waals surface area contributed by atoms with Gasteiger partial charge in [0.1, 0.15) is 10.8 Å². The lowest BCUT2D eigenvalue weighted by molar-refractivity contribution is 0.412. The zero-order valence-corrected chi connectivity index (χ0v) is 9.31. The summed E-state index contributed by atoms with van der Waals surface area (Å²) in [4.78, 5) is 15.7. The van der Waals surface area contributed by atoms with E-state index in [0.29, 0.717) is 11.4 Å². The van der Waals surface area contributed by atoms with Crippen LogP contribution in [0.3, 0.4) is 0 Å². The van der Waals surface area contributed by atoms with E-state index < -0.39 is 0 Å². The molecule has 0 amide bonds. The maximum Gasteiger partial charge on any atom is 0.273 e. The summed E-state index contributed by atoms with van der Waals surface area (Å²) in [5.74, 6) is 0.587. The molecule has 0 N–H and O–H groups in total. The summed E-state index contributed by atoms with van der Waals surface area (Å²) in [6.07, 6.45) is 4.77. The van der Waals surface area contributed by atoms with Gasteiger partial charge >= 0.3 is 0 Å². The van der Waals surface area contributed by atoms with Crippen LogP contribution in [0.25, 0.3) is 5.69 Å². The van der Waals surface area contributed by atoms with Crippen molar-refractivity contribution in [2.24, 2.45) is 0 Å². The molecule has 4 nitrogen and oxygen atoms in total. The Morgan fingerprint density at radius 1 is 1.44 bits per heavy atom. The summed E-state index contributed by atoms with van der Waals surface area (Å²) in [5.41, 5.74) is 0.339. The highest BCUT2D eigenvalue weighted by Gasteiger charge is 2.04. The molecule has 2 heterocycles. The van der Waals surface area contributed by atoms with Gasteiger partial charge in [0, 0.05) is 12.3 Å². The average molecular weight is 237 g/mol. The predicted octanol–water partition coefficient (Wildman–Crippen LogP) is 1.89. The second kappa shape index (κ2) is 4.37. The minimum Gasteiger partial charge on any atom is -0.495 e. The Labute approximate surface area is 97.1 Å². The number of nitrogens with zero attached hydrogens (tertiary/aromatic N) is 2. The van der Waals surface area contributed by atoms with E-state index in [9.17, 15) is 4.79 Å². The van der Waals surface area contributed by atoms with Crippen LogP contribution in [0.4, 0.5) is 0 Å². The molecule has 0 saturated carbocycles. The van der Waals surface area contributed by atoms with Gasteiger partial charge in [0.2, 0.25) is 0 Å². The molecule has 0 aliphatic carbocycles. The fourth-order valence-corrected chi connectivity index (χ4v) is 1.49. The average Bonchev–Trinajstić information content (AvgIpc) is 2.33. The van der Waals surface area contributed by atoms with E-state index >= 15 is 0 Å². The van der Waals surface area contributed by atoms with Crippen LogP contribution in [0.1, 0.15) is 0 Å². The highest BCUT2D eigenvalue weighted by molar-refractivity contribution is 6.30. The molecule has 82 valence electrons. The van der Waals surface area contributed by atoms with Crippen LogP contribution in [-0.4, -0.2) is 16.7 Å². The number of aromatic nitrogens is 2. The Hall–Kier alpha value is -1.81. The number of rotatable bonds is 2. The van der Waals surface area contributed by atoms with Crippen LogP contribution in [-0.2, 0) is 0 Å². The van der Waals surface area contributed by atoms with Gasteiger partial charge in [-0.1, -0.05) is 11.6 Å². The van der Waals surface area contributed by atoms with Crippen LogP contribution in [0.5, 0.6) is 5.75 Å². The lowest BCUT2D eigenvalue weighted by atomic mass is 10.3. The largest absolute Gasteiger partial charge is 0.495 e. The first-order valence-electron chi connectivity index (χ1n) is 4.59. The number of hydrogen-bond acceptors (Lipinski definition) is 3. The van der Waals surface area contributed by atoms with Gasteiger partial charge in [0.25, 0.3) is 5.56 Å². The highest BCUT2D eigenvalue weighted by Crippen LogP contribution is 2.13. The summed E-state index contributed by atoms with van der Waals surface area (Å²) >= 11 is 5.75. The van der Waals surface area contributed by atoms with Gasteiger partial charge in [0.05, 0.1) is 25.2 Å². The maximum absolute atomic E-state index is 11.7. The SMILES string of the molecule is COc1cncc(-n2cccc(Cl)c2=O)c1. The summed E-state index contributed by atoms with van der Waals surface area (Å²) in [5, 5.41) is 0.172. The van der Waals surface area contributed by atoms with E-state index in [1.807, 2.05) is 0 Å². The fourth-order valence-electron chi connectivity index (χ4n) is 1.32. The third-order valence-electron chi connectivity index (χ3n) is 2.11. The minimum atomic E-state index is -0.279. The third kappa shape index (κ3) is 1.92. The maximum atomic E-state index is 11.7. The topological polar surface area (TPSA) is 44.1 Å². The Morgan fingerprint density at radius 2 is 2.25 bits per heavy atom. The fraction of sp³-hybridized carbons (Fsp3) is 0.0909. The smallest absolute Gasteiger partial charge is 0.273 e. The van der Waals surface area contributed by atoms with Crippen molar-refractivity contribution in [3.63, 3.8) is 0 Å². The van der Waals surface area contributed by atoms with Crippen LogP contribution >= 0.6 is 11.6 Å². The van der Waals surface area contributed by atoms with Crippen molar-refractivity contribution in [3.8, 4) is 11.4 Å². The van der Waals surface area contributed by atoms with E-state index in [0.717, 1.165) is 0 Å². The van der Waals surface area contributed by atoms with Gasteiger partial charge in [-0.05, 0) is 12.1 Å². The van der Waals surface area contributed by atoms with Crippen molar-refractivity contribution in [1.82, 2.24) is 9.55 Å². The molecule has 0 unspecified atom stereocenters. The van der Waals surface area contributed by atoms with Crippen LogP contribution in [0, 0.1) is 0 Å². The van der Waals surface area contributed by atoms with E-state index in [1.54, 1.807) is 43.9 Å². The lowest BCUT2D eigenvalue weighted by Gasteiger charge is -2.06. The molecule has 0 spiro atoms. The molecule has 0 aliphatic heterocycles. The first-order chi connectivity index (χ1) is 7.72. The van der Waals surface area contributed by atoms with Gasteiger partial charge in [-0.2, -0.15) is 0 Å². The summed E-state index contributed by atoms with van der Waals surface area (Å²) in [6.45, 7) is 0. The molecule has 2 aromatic heterocycles. The highest BCUT2D eigenvalue weighted by atomic mass is 35.5. The molecule has 2 rings (SSSR count). The molecule has 0 aromatic carbocycles. The van der Waals surface area contributed by atoms with Crippen molar-refractivity contribution in [2.45, 2.75) is 0 Å². The Kier molecular flexibility index (Phi) is 2.92. The molecule has 0 bridgehead atoms. The van der Waals surface area contributed by atoms with Gasteiger partial charge in [0.15, 0.2) is 0 Å². The number of halogens is 1. The molecular weight excluding hydrogens is 228 g/mol. The Bertz CT molecular complexity index is 566. The molecule has 0 aliphatic rings. The van der Waals surface area contributed by atoms with Gasteiger partial charge < -0.3 is 4.74 Å². The second-order valence-electron chi connectivity index (χ2n) is 3.11. The molecule has 5 heteroatoms. The number of methoxy groups -OCH3 is 1. The summed E-state index contributed by atoms with van der Waals surface area (Å²) in [7, 11) is 1.54. The first-order valence-corrected chi connectivity index (χ1v) is 4.97. The van der Waals surface area contributed by atoms with E-state index in [2.05, 4.69) is 4.98 Å². The standard InChI is InChI=1S/C11H9ClN2O2/c1-16-9-5-8(6-13-7-9)14-4-2-3-10(12)11(14)15/h2-7H,1H3. The van der Waals surface area contributed by atoms with E-state index in [4.69, 9.17) is 16.3 Å². The van der Waals surface area contributed by atoms with Crippen molar-refractivity contribution >= 4 is 11.6 Å². The molecule has 0 radical (unpaired) electrons. The molecule has 2 aromatic rings. The van der Waals surface area contributed by atoms with Crippen molar-refractivity contribution < 1.29 is 4.74 Å². The van der Waals surface area contributed by atoms with Crippen molar-refractivity contribution in [2.75, 3.05) is 7.11 Å². The van der Waals surface area contributed by atoms with E-state index in [-0.39, 0.29) is 10.6 Å². The van der Waals surface area contributed by atoms with Crippen LogP contribution in [0.2, 0.25) is 5.02 Å². The predicted molar refractivity (Wildman–Crippen MR) is 61.4 cm³/mol. The van der Waals surface area contributed by atoms with Crippen LogP contribution < -0.4 is 10.3 Å². The Balaban J connectivity index is 2.59. The first kappa shape index (κ1) is 10.7. The second-order valence-corrected chi connectivity index (χ2v) is 3.52. The van der Waals surface area contributed by atoms with Crippen molar-refractivity contribution in [1.29, 1.82) is 0 Å². The van der Waals surface area contributed by atoms with Gasteiger partial charge in [-0.25, -0.2) is 0 Å². The zero-order chi connectivity index (χ0) is 11.5. The molecule has 16 heavy (non-hydrogen) atoms. The molecule has 0 fully saturated rings. The quantitative estimate of drug-likeness (QED) is 0.800. The zero-order valence-electron chi connectivity index (χ0n) is 8.55. The number of hydrogen-bond donors (Lipinski definition) is 0. The third-order valence-corrected chi connectivity index (χ3v) is 2.40. The van der Waals surface area contributed by atoms with Crippen LogP contribution in [0.15, 0.2) is 41.6 Å². The molecule has 0 atom stereocenters. The molecule has 0 saturated heterocycles. The number of pyridine rings is 2. The minimum absolute atomic E-state index is 0.172. The summed E-state index contributed by atoms with van der Waals surface area (Å²) in [6, 6.07) is 4.96. The van der Waals surface area contributed by atoms with Gasteiger partial charge in [-0.15, -0.1) is 0 Å². The van der Waals surface area contributed by atoms with Gasteiger partial charge in [-0.3, -0.25) is 14.3 Å². The monoisotopic (exact) mass is 236 g/mol. The van der Waals surface area contributed by atoms with Crippen molar-refractivity contribution in [3.05, 3.63) is 52.2 Å². The number of ether oxygens (including phenoxy) is 1. The normalized spacial score (nSPS) is 10.1. The lowest BCUT2D eigenvalue weighted by Crippen LogP contribution is -2.17. The summed E-state index contributed by atoms with van der Waals surface area (Å²) < 4.78 is 6.45. The molecular formula is C11H9ClN2O2.